The van der Waals surface area contributed by atoms with Gasteiger partial charge in [-0.15, -0.1) is 0 Å². The maximum atomic E-state index is 14.5. The zero-order valence-electron chi connectivity index (χ0n) is 49.1. The molecule has 1 aromatic heterocycles. The van der Waals surface area contributed by atoms with E-state index in [-0.39, 0.29) is 54.9 Å². The number of fused-ring (bicyclic) bond motifs is 1. The van der Waals surface area contributed by atoms with Crippen molar-refractivity contribution in [3.8, 4) is 11.5 Å². The van der Waals surface area contributed by atoms with E-state index in [4.69, 9.17) is 27.7 Å². The van der Waals surface area contributed by atoms with Crippen LogP contribution in [0.15, 0.2) is 48.7 Å². The average molecular weight is 1240 g/mol. The van der Waals surface area contributed by atoms with E-state index in [1.165, 1.54) is 41.7 Å². The van der Waals surface area contributed by atoms with E-state index in [1.807, 2.05) is 38.2 Å². The molecule has 2 fully saturated rings. The molecule has 2 aromatic carbocycles. The minimum absolute atomic E-state index is 0.00224. The molecule has 2 aliphatic heterocycles. The highest BCUT2D eigenvalue weighted by molar-refractivity contribution is 8.76. The third kappa shape index (κ3) is 22.7. The molecule has 0 unspecified atom stereocenters. The quantitative estimate of drug-likeness (QED) is 0.0526. The van der Waals surface area contributed by atoms with Gasteiger partial charge in [-0.05, 0) is 85.4 Å². The molecule has 3 aromatic rings. The van der Waals surface area contributed by atoms with Crippen LogP contribution >= 0.6 is 21.6 Å². The van der Waals surface area contributed by atoms with Crippen LogP contribution in [-0.4, -0.2) is 172 Å². The number of ether oxygens (including phenoxy) is 1. The first-order chi connectivity index (χ1) is 40.7. The van der Waals surface area contributed by atoms with Crippen LogP contribution in [0.5, 0.6) is 11.5 Å². The van der Waals surface area contributed by atoms with Gasteiger partial charge in [-0.2, -0.15) is 0 Å². The lowest BCUT2D eigenvalue weighted by molar-refractivity contribution is -0.142. The molecular weight excluding hydrogens is 1160 g/mol. The molecule has 0 aliphatic carbocycles. The average Bonchev–Trinajstić information content (AvgIpc) is 2.51. The van der Waals surface area contributed by atoms with E-state index in [0.29, 0.717) is 24.9 Å². The van der Waals surface area contributed by atoms with Crippen molar-refractivity contribution in [3.63, 3.8) is 0 Å². The van der Waals surface area contributed by atoms with Crippen molar-refractivity contribution in [2.45, 2.75) is 141 Å². The Morgan fingerprint density at radius 1 is 0.791 bits per heavy atom. The van der Waals surface area contributed by atoms with Crippen molar-refractivity contribution in [2.75, 3.05) is 38.2 Å². The standard InChI is InChI=1S/C43H66N12O12S2.C13H16N2O2/c1-5-22(4)35-42(66)49-26(12-13-32(45)57)38(62)51-29(17-33(46)58)39(63)53-30(20-69-68-19-25(44)36(60)50-28(40(64)54-35)16-23-8-10-24(56)11-9-23)43(67)55-14-6-7-31(55)41(65)52-27(15-21(2)3)37(61)48-18-34(47)59;1-9(16)14-6-5-10-8-15-13-4-3-11(17-2)7-12(10)13/h8-11,21-22,25-31,35,56H,5-7,12-20,44H2,1-4H3,(H2,45,57)(H2,46,58)(H2,47,59)(H,48,61)(H,49,66)(H,50,60)(H,51,62)(H,52,65)(H,53,63)(H,54,64);3-4,7-8,15H,5-6H2,1-2H3,(H,14,16)/t22-,25-,26-,27-,28-,29-,30-,31-,35-;/m0./s1. The topological polar surface area (TPSA) is 454 Å². The number of nitrogens with one attached hydrogen (secondary N) is 9. The predicted molar refractivity (Wildman–Crippen MR) is 322 cm³/mol. The molecule has 9 atom stereocenters. The van der Waals surface area contributed by atoms with Gasteiger partial charge in [-0.25, -0.2) is 0 Å². The molecule has 86 heavy (non-hydrogen) atoms. The number of hydrogen-bond donors (Lipinski definition) is 14. The Balaban J connectivity index is 0.000000790. The molecule has 0 saturated carbocycles. The van der Waals surface area contributed by atoms with E-state index in [9.17, 15) is 62.6 Å². The molecule has 2 aliphatic rings. The fourth-order valence-electron chi connectivity index (χ4n) is 9.21. The summed E-state index contributed by atoms with van der Waals surface area (Å²) in [5.74, 6) is -9.54. The summed E-state index contributed by atoms with van der Waals surface area (Å²) in [6, 6.07) is 0.884. The van der Waals surface area contributed by atoms with E-state index < -0.39 is 145 Å². The summed E-state index contributed by atoms with van der Waals surface area (Å²) in [6.07, 6.45) is 2.10. The first-order valence-corrected chi connectivity index (χ1v) is 30.6. The van der Waals surface area contributed by atoms with Gasteiger partial charge in [-0.1, -0.05) is 67.8 Å². The third-order valence-electron chi connectivity index (χ3n) is 14.0. The lowest BCUT2D eigenvalue weighted by Gasteiger charge is -2.31. The summed E-state index contributed by atoms with van der Waals surface area (Å²) < 4.78 is 5.21. The number of nitrogens with two attached hydrogens (primary N) is 4. The van der Waals surface area contributed by atoms with Crippen LogP contribution in [-0.2, 0) is 70.4 Å². The molecule has 0 bridgehead atoms. The monoisotopic (exact) mass is 1240 g/mol. The number of amides is 12. The second-order valence-electron chi connectivity index (χ2n) is 21.4. The van der Waals surface area contributed by atoms with Gasteiger partial charge in [0.15, 0.2) is 0 Å². The Bertz CT molecular complexity index is 2890. The summed E-state index contributed by atoms with van der Waals surface area (Å²) >= 11 is 0. The van der Waals surface area contributed by atoms with Gasteiger partial charge in [0.2, 0.25) is 70.9 Å². The zero-order valence-corrected chi connectivity index (χ0v) is 50.8. The van der Waals surface area contributed by atoms with Crippen LogP contribution < -0.4 is 70.2 Å². The number of aromatic hydroxyl groups is 1. The second kappa shape index (κ2) is 34.7. The van der Waals surface area contributed by atoms with Crippen LogP contribution in [0.3, 0.4) is 0 Å². The summed E-state index contributed by atoms with van der Waals surface area (Å²) in [6.45, 7) is 8.78. The van der Waals surface area contributed by atoms with Gasteiger partial charge in [0.25, 0.3) is 0 Å². The number of carbonyl (C=O) groups excluding carboxylic acids is 12. The lowest BCUT2D eigenvalue weighted by atomic mass is 9.96. The minimum atomic E-state index is -1.75. The Labute approximate surface area is 506 Å². The van der Waals surface area contributed by atoms with Gasteiger partial charge in [0.1, 0.15) is 53.8 Å². The van der Waals surface area contributed by atoms with Crippen LogP contribution in [0, 0.1) is 11.8 Å². The first-order valence-electron chi connectivity index (χ1n) is 28.1. The normalized spacial score (nSPS) is 21.6. The number of rotatable bonds is 21. The first kappa shape index (κ1) is 70.4. The predicted octanol–water partition coefficient (Wildman–Crippen LogP) is -1.75. The van der Waals surface area contributed by atoms with Gasteiger partial charge in [0.05, 0.1) is 26.1 Å². The molecular formula is C56H82N14O14S2. The van der Waals surface area contributed by atoms with Crippen LogP contribution in [0.1, 0.15) is 90.7 Å². The molecule has 0 spiro atoms. The Morgan fingerprint density at radius 2 is 1.44 bits per heavy atom. The van der Waals surface area contributed by atoms with E-state index in [2.05, 4.69) is 47.5 Å². The number of aromatic amines is 1. The van der Waals surface area contributed by atoms with Crippen LogP contribution in [0.2, 0.25) is 0 Å². The fourth-order valence-corrected chi connectivity index (χ4v) is 11.5. The summed E-state index contributed by atoms with van der Waals surface area (Å²) in [4.78, 5) is 162. The summed E-state index contributed by atoms with van der Waals surface area (Å²) in [5.41, 5.74) is 25.2. The highest BCUT2D eigenvalue weighted by Crippen LogP contribution is 2.27. The summed E-state index contributed by atoms with van der Waals surface area (Å²) in [7, 11) is 3.70. The number of carbonyl (C=O) groups is 12. The number of benzene rings is 2. The molecule has 5 rings (SSSR count). The van der Waals surface area contributed by atoms with Crippen molar-refractivity contribution in [1.29, 1.82) is 0 Å². The highest BCUT2D eigenvalue weighted by atomic mass is 33.1. The molecule has 28 nitrogen and oxygen atoms in total. The number of aromatic nitrogens is 1. The molecule has 12 amide bonds. The zero-order chi connectivity index (χ0) is 63.8. The number of phenols is 1. The van der Waals surface area contributed by atoms with E-state index in [1.54, 1.807) is 21.0 Å². The van der Waals surface area contributed by atoms with Crippen molar-refractivity contribution in [2.24, 2.45) is 34.8 Å². The number of nitrogens with zero attached hydrogens (tertiary/aromatic N) is 1. The Hall–Kier alpha value is -8.12. The second-order valence-corrected chi connectivity index (χ2v) is 23.9. The number of methoxy groups -OCH3 is 1. The van der Waals surface area contributed by atoms with Gasteiger partial charge >= 0.3 is 0 Å². The van der Waals surface area contributed by atoms with Crippen molar-refractivity contribution >= 4 is 103 Å². The number of likely N-dealkylation sites (tertiary alicyclic amines) is 1. The van der Waals surface area contributed by atoms with Gasteiger partial charge in [0, 0.05) is 61.5 Å². The van der Waals surface area contributed by atoms with E-state index in [0.717, 1.165) is 44.7 Å². The lowest BCUT2D eigenvalue weighted by Crippen LogP contribution is -2.61. The molecule has 0 radical (unpaired) electrons. The van der Waals surface area contributed by atoms with Gasteiger partial charge < -0.3 is 85.2 Å². The maximum Gasteiger partial charge on any atom is 0.246 e. The van der Waals surface area contributed by atoms with Crippen molar-refractivity contribution < 1.29 is 67.4 Å². The molecule has 3 heterocycles. The smallest absolute Gasteiger partial charge is 0.246 e. The molecule has 2 saturated heterocycles. The summed E-state index contributed by atoms with van der Waals surface area (Å²) in [5, 5.41) is 31.6. The number of H-pyrrole nitrogens is 1. The van der Waals surface area contributed by atoms with Crippen LogP contribution in [0.4, 0.5) is 0 Å². The van der Waals surface area contributed by atoms with Crippen molar-refractivity contribution in [3.05, 3.63) is 59.8 Å². The maximum absolute atomic E-state index is 14.5. The SMILES string of the molecule is CC[C@H](C)[C@@H]1NC(=O)[C@H](Cc2ccc(O)cc2)NC(=O)[C@@H](N)CSSC[C@@H](C(=O)N2CCC[C@H]2C(=O)N[C@@H](CC(C)C)C(=O)NCC(N)=O)NC(=O)[C@H](CC(N)=O)NC(=O)[C@H](CCC(N)=O)NC1=O.COc1ccc2[nH]cc(CCNC(C)=O)c2c1. The van der Waals surface area contributed by atoms with Crippen LogP contribution in [0.25, 0.3) is 10.9 Å². The van der Waals surface area contributed by atoms with E-state index >= 15 is 0 Å². The fraction of sp³-hybridized carbons (Fsp3) is 0.536. The number of phenolic OH excluding ortho intramolecular Hbond substituents is 1. The van der Waals surface area contributed by atoms with Gasteiger partial charge in [-0.3, -0.25) is 57.5 Å². The number of primary amides is 3. The molecule has 30 heteroatoms. The third-order valence-corrected chi connectivity index (χ3v) is 16.5. The number of hydrogen-bond acceptors (Lipinski definition) is 17. The Morgan fingerprint density at radius 3 is 2.07 bits per heavy atom. The molecule has 472 valence electrons. The van der Waals surface area contributed by atoms with Crippen molar-refractivity contribution in [1.82, 2.24) is 52.4 Å². The Kier molecular flexibility index (Phi) is 28.4. The minimum Gasteiger partial charge on any atom is -0.508 e. The molecule has 18 N–H and O–H groups in total. The highest BCUT2D eigenvalue weighted by Gasteiger charge is 2.41. The largest absolute Gasteiger partial charge is 0.508 e.